The largest absolute Gasteiger partial charge is 0.342 e. The van der Waals surface area contributed by atoms with Crippen LogP contribution in [0, 0.1) is 0 Å². The first kappa shape index (κ1) is 16.6. The van der Waals surface area contributed by atoms with Gasteiger partial charge in [-0.15, -0.1) is 11.3 Å². The molecule has 2 heterocycles. The van der Waals surface area contributed by atoms with Crippen molar-refractivity contribution >= 4 is 34.0 Å². The van der Waals surface area contributed by atoms with Crippen molar-refractivity contribution in [2.45, 2.75) is 32.6 Å². The molecule has 7 heteroatoms. The van der Waals surface area contributed by atoms with Crippen molar-refractivity contribution < 1.29 is 4.79 Å². The molecule has 6 nitrogen and oxygen atoms in total. The first-order valence-corrected chi connectivity index (χ1v) is 9.02. The Morgan fingerprint density at radius 2 is 2.21 bits per heavy atom. The average molecular weight is 343 g/mol. The maximum Gasteiger partial charge on any atom is 0.275 e. The zero-order valence-electron chi connectivity index (χ0n) is 13.6. The number of aromatic amines is 1. The Morgan fingerprint density at radius 1 is 1.33 bits per heavy atom. The zero-order valence-corrected chi connectivity index (χ0v) is 14.4. The van der Waals surface area contributed by atoms with Crippen molar-refractivity contribution in [3.05, 3.63) is 40.1 Å². The Hall–Kier alpha value is -2.25. The molecule has 0 bridgehead atoms. The van der Waals surface area contributed by atoms with Gasteiger partial charge in [0.1, 0.15) is 11.5 Å². The van der Waals surface area contributed by atoms with Crippen LogP contribution < -0.4 is 11.1 Å². The number of H-pyrrole nitrogens is 1. The fourth-order valence-corrected chi connectivity index (χ4v) is 3.25. The van der Waals surface area contributed by atoms with Crippen LogP contribution in [0.15, 0.2) is 23.6 Å². The van der Waals surface area contributed by atoms with Gasteiger partial charge in [0.2, 0.25) is 0 Å². The highest BCUT2D eigenvalue weighted by Gasteiger charge is 2.12. The highest BCUT2D eigenvalue weighted by Crippen LogP contribution is 2.19. The molecule has 3 rings (SSSR count). The molecule has 0 spiro atoms. The van der Waals surface area contributed by atoms with Gasteiger partial charge >= 0.3 is 0 Å². The maximum atomic E-state index is 12.3. The number of carbonyl (C=O) groups excluding carboxylic acids is 1. The molecule has 0 aliphatic carbocycles. The zero-order chi connectivity index (χ0) is 16.9. The van der Waals surface area contributed by atoms with E-state index >= 15 is 0 Å². The van der Waals surface area contributed by atoms with Crippen LogP contribution in [0.4, 0.5) is 5.69 Å². The highest BCUT2D eigenvalue weighted by atomic mass is 32.1. The molecule has 0 unspecified atom stereocenters. The Kier molecular flexibility index (Phi) is 5.22. The van der Waals surface area contributed by atoms with E-state index in [9.17, 15) is 4.79 Å². The fourth-order valence-electron chi connectivity index (χ4n) is 2.45. The second kappa shape index (κ2) is 7.55. The number of anilines is 1. The quantitative estimate of drug-likeness (QED) is 0.614. The number of carbonyl (C=O) groups is 1. The van der Waals surface area contributed by atoms with Crippen LogP contribution in [-0.2, 0) is 12.8 Å². The molecule has 1 amide bonds. The van der Waals surface area contributed by atoms with Gasteiger partial charge in [-0.2, -0.15) is 0 Å². The van der Waals surface area contributed by atoms with Crippen molar-refractivity contribution in [2.75, 3.05) is 11.9 Å². The smallest absolute Gasteiger partial charge is 0.275 e. The Balaban J connectivity index is 1.72. The molecular formula is C17H21N5OS. The highest BCUT2D eigenvalue weighted by molar-refractivity contribution is 7.09. The van der Waals surface area contributed by atoms with Gasteiger partial charge in [0.05, 0.1) is 16.0 Å². The number of imidazole rings is 1. The van der Waals surface area contributed by atoms with E-state index in [2.05, 4.69) is 27.2 Å². The number of thiazole rings is 1. The van der Waals surface area contributed by atoms with Crippen molar-refractivity contribution in [3.63, 3.8) is 0 Å². The minimum absolute atomic E-state index is 0.209. The first-order valence-electron chi connectivity index (χ1n) is 8.14. The van der Waals surface area contributed by atoms with Crippen LogP contribution in [0.1, 0.15) is 41.1 Å². The number of hydrogen-bond donors (Lipinski definition) is 3. The van der Waals surface area contributed by atoms with E-state index in [1.165, 1.54) is 11.3 Å². The molecule has 0 fully saturated rings. The molecule has 0 saturated heterocycles. The minimum Gasteiger partial charge on any atom is -0.342 e. The molecule has 24 heavy (non-hydrogen) atoms. The number of benzene rings is 1. The van der Waals surface area contributed by atoms with E-state index in [4.69, 9.17) is 5.73 Å². The lowest BCUT2D eigenvalue weighted by molar-refractivity contribution is 0.102. The van der Waals surface area contributed by atoms with E-state index in [0.717, 1.165) is 46.8 Å². The number of fused-ring (bicyclic) bond motifs is 1. The molecule has 3 aromatic rings. The van der Waals surface area contributed by atoms with Gasteiger partial charge in [-0.3, -0.25) is 4.79 Å². The SMILES string of the molecule is CCCCc1nc2ccc(NC(=O)c3csc(CCN)n3)cc2[nH]1. The summed E-state index contributed by atoms with van der Waals surface area (Å²) in [6.07, 6.45) is 3.88. The fraction of sp³-hybridized carbons (Fsp3) is 0.353. The Labute approximate surface area is 144 Å². The summed E-state index contributed by atoms with van der Waals surface area (Å²) in [6.45, 7) is 2.69. The lowest BCUT2D eigenvalue weighted by Gasteiger charge is -2.02. The number of amides is 1. The van der Waals surface area contributed by atoms with Crippen LogP contribution in [0.2, 0.25) is 0 Å². The van der Waals surface area contributed by atoms with E-state index in [1.54, 1.807) is 5.38 Å². The van der Waals surface area contributed by atoms with E-state index in [1.807, 2.05) is 18.2 Å². The third-order valence-corrected chi connectivity index (χ3v) is 4.61. The second-order valence-corrected chi connectivity index (χ2v) is 6.58. The standard InChI is InChI=1S/C17H21N5OS/c1-2-3-4-15-20-12-6-5-11(9-13(12)21-15)19-17(23)14-10-24-16(22-14)7-8-18/h5-6,9-10H,2-4,7-8,18H2,1H3,(H,19,23)(H,20,21). The topological polar surface area (TPSA) is 96.7 Å². The van der Waals surface area contributed by atoms with E-state index in [-0.39, 0.29) is 5.91 Å². The molecule has 0 aliphatic heterocycles. The minimum atomic E-state index is -0.209. The van der Waals surface area contributed by atoms with Crippen LogP contribution in [0.5, 0.6) is 0 Å². The number of nitrogens with two attached hydrogens (primary N) is 1. The predicted molar refractivity (Wildman–Crippen MR) is 97.5 cm³/mol. The molecule has 1 aromatic carbocycles. The number of aromatic nitrogens is 3. The van der Waals surface area contributed by atoms with Gasteiger partial charge in [0.15, 0.2) is 0 Å². The van der Waals surface area contributed by atoms with Gasteiger partial charge < -0.3 is 16.0 Å². The normalized spacial score (nSPS) is 11.1. The number of hydrogen-bond acceptors (Lipinski definition) is 5. The number of nitrogens with zero attached hydrogens (tertiary/aromatic N) is 2. The summed E-state index contributed by atoms with van der Waals surface area (Å²) >= 11 is 1.46. The van der Waals surface area contributed by atoms with Gasteiger partial charge in [-0.1, -0.05) is 13.3 Å². The van der Waals surface area contributed by atoms with Crippen molar-refractivity contribution in [3.8, 4) is 0 Å². The predicted octanol–water partition coefficient (Wildman–Crippen LogP) is 3.12. The van der Waals surface area contributed by atoms with Crippen LogP contribution in [-0.4, -0.2) is 27.4 Å². The monoisotopic (exact) mass is 343 g/mol. The maximum absolute atomic E-state index is 12.3. The van der Waals surface area contributed by atoms with Crippen molar-refractivity contribution in [1.82, 2.24) is 15.0 Å². The second-order valence-electron chi connectivity index (χ2n) is 5.64. The number of unbranched alkanes of at least 4 members (excludes halogenated alkanes) is 1. The summed E-state index contributed by atoms with van der Waals surface area (Å²) in [5.41, 5.74) is 8.51. The van der Waals surface area contributed by atoms with Gasteiger partial charge in [-0.05, 0) is 31.2 Å². The van der Waals surface area contributed by atoms with Crippen LogP contribution in [0.3, 0.4) is 0 Å². The number of nitrogens with one attached hydrogen (secondary N) is 2. The summed E-state index contributed by atoms with van der Waals surface area (Å²) in [6, 6.07) is 5.68. The lowest BCUT2D eigenvalue weighted by atomic mass is 10.2. The molecule has 0 atom stereocenters. The van der Waals surface area contributed by atoms with Crippen LogP contribution >= 0.6 is 11.3 Å². The third-order valence-electron chi connectivity index (χ3n) is 3.70. The average Bonchev–Trinajstić information content (AvgIpc) is 3.19. The molecule has 126 valence electrons. The van der Waals surface area contributed by atoms with Gasteiger partial charge in [-0.25, -0.2) is 9.97 Å². The molecule has 0 aliphatic rings. The lowest BCUT2D eigenvalue weighted by Crippen LogP contribution is -2.12. The molecule has 0 radical (unpaired) electrons. The van der Waals surface area contributed by atoms with Crippen molar-refractivity contribution in [2.24, 2.45) is 5.73 Å². The molecule has 0 saturated carbocycles. The van der Waals surface area contributed by atoms with Crippen molar-refractivity contribution in [1.29, 1.82) is 0 Å². The first-order chi connectivity index (χ1) is 11.7. The summed E-state index contributed by atoms with van der Waals surface area (Å²) in [4.78, 5) is 24.5. The van der Waals surface area contributed by atoms with Gasteiger partial charge in [0.25, 0.3) is 5.91 Å². The summed E-state index contributed by atoms with van der Waals surface area (Å²) in [5.74, 6) is 0.779. The summed E-state index contributed by atoms with van der Waals surface area (Å²) < 4.78 is 0. The summed E-state index contributed by atoms with van der Waals surface area (Å²) in [5, 5.41) is 5.53. The third kappa shape index (κ3) is 3.80. The number of aryl methyl sites for hydroxylation is 1. The van der Waals surface area contributed by atoms with E-state index in [0.29, 0.717) is 18.7 Å². The molecule has 2 aromatic heterocycles. The van der Waals surface area contributed by atoms with Crippen LogP contribution in [0.25, 0.3) is 11.0 Å². The van der Waals surface area contributed by atoms with E-state index < -0.39 is 0 Å². The summed E-state index contributed by atoms with van der Waals surface area (Å²) in [7, 11) is 0. The molecule has 4 N–H and O–H groups in total. The molecular weight excluding hydrogens is 322 g/mol. The Morgan fingerprint density at radius 3 is 3.00 bits per heavy atom. The number of rotatable bonds is 7. The Bertz CT molecular complexity index is 838. The van der Waals surface area contributed by atoms with Gasteiger partial charge in [0, 0.05) is 23.9 Å².